The average Bonchev–Trinajstić information content (AvgIpc) is 2.03. The van der Waals surface area contributed by atoms with Crippen LogP contribution in [-0.4, -0.2) is 16.1 Å². The first-order valence-electron chi connectivity index (χ1n) is 3.19. The molecule has 1 aromatic rings. The maximum absolute atomic E-state index is 12.1. The van der Waals surface area contributed by atoms with E-state index >= 15 is 0 Å². The van der Waals surface area contributed by atoms with Crippen molar-refractivity contribution >= 4 is 28.6 Å². The Morgan fingerprint density at radius 3 is 2.62 bits per heavy atom. The molecule has 13 heavy (non-hydrogen) atoms. The average molecular weight is 299 g/mol. The molecule has 0 fully saturated rings. The monoisotopic (exact) mass is 299 g/mol. The fourth-order valence-corrected chi connectivity index (χ4v) is 1.35. The van der Waals surface area contributed by atoms with Gasteiger partial charge < -0.3 is 5.11 Å². The van der Waals surface area contributed by atoms with Gasteiger partial charge in [0.1, 0.15) is 11.4 Å². The minimum absolute atomic E-state index is 0.359. The molecular formula is C7H4F2INO2. The van der Waals surface area contributed by atoms with E-state index in [0.29, 0.717) is 3.57 Å². The van der Waals surface area contributed by atoms with E-state index in [-0.39, 0.29) is 5.69 Å². The minimum Gasteiger partial charge on any atom is -0.477 e. The molecular weight excluding hydrogens is 295 g/mol. The normalized spacial score (nSPS) is 10.5. The van der Waals surface area contributed by atoms with E-state index in [1.807, 2.05) is 0 Å². The van der Waals surface area contributed by atoms with Gasteiger partial charge in [-0.2, -0.15) is 0 Å². The van der Waals surface area contributed by atoms with Crippen LogP contribution in [-0.2, 0) is 0 Å². The van der Waals surface area contributed by atoms with E-state index in [9.17, 15) is 13.6 Å². The van der Waals surface area contributed by atoms with Crippen LogP contribution in [0.3, 0.4) is 0 Å². The van der Waals surface area contributed by atoms with Crippen LogP contribution in [0.5, 0.6) is 0 Å². The van der Waals surface area contributed by atoms with Gasteiger partial charge in [0.05, 0.1) is 0 Å². The van der Waals surface area contributed by atoms with Gasteiger partial charge in [-0.05, 0) is 34.7 Å². The summed E-state index contributed by atoms with van der Waals surface area (Å²) < 4.78 is 24.7. The number of hydrogen-bond acceptors (Lipinski definition) is 2. The Balaban J connectivity index is 3.19. The first-order chi connectivity index (χ1) is 6.00. The summed E-state index contributed by atoms with van der Waals surface area (Å²) in [5.74, 6) is -1.31. The van der Waals surface area contributed by atoms with Crippen molar-refractivity contribution in [2.24, 2.45) is 0 Å². The summed E-state index contributed by atoms with van der Waals surface area (Å²) in [7, 11) is 0. The largest absolute Gasteiger partial charge is 0.477 e. The zero-order valence-corrected chi connectivity index (χ0v) is 8.33. The molecule has 0 atom stereocenters. The van der Waals surface area contributed by atoms with Crippen LogP contribution in [0.2, 0.25) is 0 Å². The Bertz CT molecular complexity index is 343. The summed E-state index contributed by atoms with van der Waals surface area (Å²) in [6, 6.07) is 2.38. The van der Waals surface area contributed by atoms with Gasteiger partial charge in [-0.1, -0.05) is 0 Å². The van der Waals surface area contributed by atoms with Gasteiger partial charge in [-0.15, -0.1) is 0 Å². The molecule has 6 heteroatoms. The van der Waals surface area contributed by atoms with Crippen LogP contribution >= 0.6 is 22.6 Å². The van der Waals surface area contributed by atoms with Crippen LogP contribution in [0.15, 0.2) is 12.1 Å². The first-order valence-corrected chi connectivity index (χ1v) is 4.27. The molecule has 0 amide bonds. The second kappa shape index (κ2) is 3.95. The molecule has 0 aromatic carbocycles. The molecule has 0 radical (unpaired) electrons. The predicted molar refractivity (Wildman–Crippen MR) is 48.9 cm³/mol. The number of aromatic nitrogens is 1. The molecule has 0 unspecified atom stereocenters. The smallest absolute Gasteiger partial charge is 0.354 e. The highest BCUT2D eigenvalue weighted by Crippen LogP contribution is 2.19. The van der Waals surface area contributed by atoms with E-state index in [0.717, 1.165) is 6.07 Å². The predicted octanol–water partition coefficient (Wildman–Crippen LogP) is 2.32. The number of halogens is 3. The molecule has 1 rings (SSSR count). The highest BCUT2D eigenvalue weighted by molar-refractivity contribution is 14.1. The third-order valence-corrected chi connectivity index (χ3v) is 1.88. The number of rotatable bonds is 2. The summed E-state index contributed by atoms with van der Waals surface area (Å²) in [6.07, 6.45) is -2.74. The third-order valence-electron chi connectivity index (χ3n) is 1.25. The number of carboxylic acids is 1. The Labute approximate surface area is 85.9 Å². The van der Waals surface area contributed by atoms with Crippen LogP contribution in [0, 0.1) is 3.57 Å². The fourth-order valence-electron chi connectivity index (χ4n) is 0.739. The number of alkyl halides is 2. The summed E-state index contributed by atoms with van der Waals surface area (Å²) in [5, 5.41) is 8.50. The summed E-state index contributed by atoms with van der Waals surface area (Å²) >= 11 is 1.76. The molecule has 0 aliphatic carbocycles. The lowest BCUT2D eigenvalue weighted by Gasteiger charge is -2.01. The van der Waals surface area contributed by atoms with Crippen molar-refractivity contribution in [3.63, 3.8) is 0 Å². The van der Waals surface area contributed by atoms with Crippen LogP contribution < -0.4 is 0 Å². The number of aromatic carboxylic acids is 1. The van der Waals surface area contributed by atoms with Gasteiger partial charge in [0, 0.05) is 3.57 Å². The Morgan fingerprint density at radius 2 is 2.15 bits per heavy atom. The number of pyridine rings is 1. The quantitative estimate of drug-likeness (QED) is 0.853. The van der Waals surface area contributed by atoms with Gasteiger partial charge in [-0.25, -0.2) is 18.6 Å². The highest BCUT2D eigenvalue weighted by atomic mass is 127. The zero-order valence-electron chi connectivity index (χ0n) is 6.17. The van der Waals surface area contributed by atoms with Crippen molar-refractivity contribution in [3.05, 3.63) is 27.1 Å². The minimum atomic E-state index is -2.74. The summed E-state index contributed by atoms with van der Waals surface area (Å²) in [6.45, 7) is 0. The standard InChI is InChI=1S/C7H4F2INO2/c8-6(9)4-1-3(10)2-5(11-4)7(12)13/h1-2,6H,(H,12,13). The molecule has 0 bridgehead atoms. The van der Waals surface area contributed by atoms with Crippen molar-refractivity contribution in [3.8, 4) is 0 Å². The molecule has 0 aliphatic heterocycles. The van der Waals surface area contributed by atoms with Gasteiger partial charge in [0.2, 0.25) is 0 Å². The molecule has 1 heterocycles. The number of hydrogen-bond donors (Lipinski definition) is 1. The molecule has 1 aromatic heterocycles. The van der Waals surface area contributed by atoms with Crippen LogP contribution in [0.1, 0.15) is 22.6 Å². The summed E-state index contributed by atoms with van der Waals surface area (Å²) in [4.78, 5) is 13.7. The first kappa shape index (κ1) is 10.3. The number of nitrogens with zero attached hydrogens (tertiary/aromatic N) is 1. The molecule has 0 spiro atoms. The van der Waals surface area contributed by atoms with Crippen molar-refractivity contribution < 1.29 is 18.7 Å². The van der Waals surface area contributed by atoms with E-state index in [2.05, 4.69) is 4.98 Å². The maximum atomic E-state index is 12.1. The van der Waals surface area contributed by atoms with Crippen molar-refractivity contribution in [1.29, 1.82) is 0 Å². The number of carbonyl (C=O) groups is 1. The number of carboxylic acid groups (broad SMARTS) is 1. The molecule has 0 aliphatic rings. The Morgan fingerprint density at radius 1 is 1.54 bits per heavy atom. The van der Waals surface area contributed by atoms with Crippen LogP contribution in [0.4, 0.5) is 8.78 Å². The van der Waals surface area contributed by atoms with Gasteiger partial charge in [0.25, 0.3) is 6.43 Å². The van der Waals surface area contributed by atoms with Crippen molar-refractivity contribution in [2.75, 3.05) is 0 Å². The van der Waals surface area contributed by atoms with Gasteiger partial charge >= 0.3 is 5.97 Å². The third kappa shape index (κ3) is 2.58. The molecule has 70 valence electrons. The topological polar surface area (TPSA) is 50.2 Å². The lowest BCUT2D eigenvalue weighted by atomic mass is 10.3. The SMILES string of the molecule is O=C(O)c1cc(I)cc(C(F)F)n1. The zero-order chi connectivity index (χ0) is 10.0. The Hall–Kier alpha value is -0.790. The second-order valence-electron chi connectivity index (χ2n) is 2.20. The van der Waals surface area contributed by atoms with E-state index in [1.165, 1.54) is 6.07 Å². The molecule has 0 saturated carbocycles. The molecule has 1 N–H and O–H groups in total. The van der Waals surface area contributed by atoms with E-state index in [1.54, 1.807) is 22.6 Å². The molecule has 3 nitrogen and oxygen atoms in total. The maximum Gasteiger partial charge on any atom is 0.354 e. The lowest BCUT2D eigenvalue weighted by Crippen LogP contribution is -2.04. The van der Waals surface area contributed by atoms with Crippen LogP contribution in [0.25, 0.3) is 0 Å². The van der Waals surface area contributed by atoms with Gasteiger partial charge in [0.15, 0.2) is 0 Å². The molecule has 0 saturated heterocycles. The van der Waals surface area contributed by atoms with Crippen molar-refractivity contribution in [2.45, 2.75) is 6.43 Å². The fraction of sp³-hybridized carbons (Fsp3) is 0.143. The Kier molecular flexibility index (Phi) is 3.12. The van der Waals surface area contributed by atoms with Crippen molar-refractivity contribution in [1.82, 2.24) is 4.98 Å². The summed E-state index contributed by atoms with van der Waals surface area (Å²) in [5.41, 5.74) is -0.869. The van der Waals surface area contributed by atoms with Gasteiger partial charge in [-0.3, -0.25) is 0 Å². The van der Waals surface area contributed by atoms with E-state index in [4.69, 9.17) is 5.11 Å². The second-order valence-corrected chi connectivity index (χ2v) is 3.45. The highest BCUT2D eigenvalue weighted by Gasteiger charge is 2.13. The lowest BCUT2D eigenvalue weighted by molar-refractivity contribution is 0.0688. The van der Waals surface area contributed by atoms with E-state index < -0.39 is 18.1 Å².